The van der Waals surface area contributed by atoms with Crippen LogP contribution >= 0.6 is 0 Å². The van der Waals surface area contributed by atoms with Crippen LogP contribution in [0.5, 0.6) is 0 Å². The molecule has 17 heteroatoms. The highest BCUT2D eigenvalue weighted by molar-refractivity contribution is 5.77. The first kappa shape index (κ1) is 40.3. The van der Waals surface area contributed by atoms with Gasteiger partial charge < -0.3 is 70.0 Å². The maximum atomic E-state index is 13.3. The molecule has 10 N–H and O–H groups in total. The first-order valence-corrected chi connectivity index (χ1v) is 18.3. The number of carbonyl (C=O) groups excluding carboxylic acids is 1. The SMILES string of the molecule is C=C1CC23CCC4[C@](C)(C(=O)OC(O)O)CCC[C@@]4(C)[C@@H]2CC[C@]1(OC(O[C@@H]1OC(CO)[C@@H](O)C(O)C1O)O[C@@H]1OC(CO)[C@@H](O)C(O)C1O)[C@@H]3C. The van der Waals surface area contributed by atoms with Gasteiger partial charge in [0.05, 0.1) is 24.2 Å². The summed E-state index contributed by atoms with van der Waals surface area (Å²) in [6.07, 6.45) is -11.7. The van der Waals surface area contributed by atoms with Crippen molar-refractivity contribution in [3.8, 4) is 0 Å². The van der Waals surface area contributed by atoms with E-state index in [9.17, 15) is 55.9 Å². The lowest BCUT2D eigenvalue weighted by atomic mass is 9.39. The number of esters is 1. The quantitative estimate of drug-likeness (QED) is 0.0662. The van der Waals surface area contributed by atoms with Crippen molar-refractivity contribution in [2.24, 2.45) is 34.0 Å². The van der Waals surface area contributed by atoms with Gasteiger partial charge in [0.25, 0.3) is 6.48 Å². The average molecular weight is 749 g/mol. The molecule has 2 saturated heterocycles. The van der Waals surface area contributed by atoms with Gasteiger partial charge in [0, 0.05) is 0 Å². The van der Waals surface area contributed by atoms with E-state index in [0.717, 1.165) is 18.4 Å². The standard InChI is InChI=1S/C35H56O17/c1-15-12-34-10-6-19-32(3,8-5-9-33(19,4)29(44)51-30(45)46)20(34)7-11-35(15,16(34)2)52-31(49-27-25(42)23(40)21(38)17(13-36)47-27)50-28-26(43)24(41)22(39)18(14-37)48-28/h16-28,30-31,36-43,45-46H,1,5-14H2,2-4H3/t16-,17?,18?,19?,20+,21-,22-,23?,24?,25?,26?,27+,28+,31?,32-,33-,34?,35-/m1/s1. The molecular weight excluding hydrogens is 692 g/mol. The molecule has 6 aliphatic rings. The fourth-order valence-corrected chi connectivity index (χ4v) is 11.3. The van der Waals surface area contributed by atoms with Crippen molar-refractivity contribution >= 4 is 5.97 Å². The van der Waals surface area contributed by atoms with Crippen LogP contribution in [0, 0.1) is 34.0 Å². The maximum Gasteiger partial charge on any atom is 0.316 e. The molecule has 0 aromatic carbocycles. The van der Waals surface area contributed by atoms with Crippen molar-refractivity contribution in [1.29, 1.82) is 0 Å². The summed E-state index contributed by atoms with van der Waals surface area (Å²) in [5, 5.41) is 102. The summed E-state index contributed by atoms with van der Waals surface area (Å²) in [5.41, 5.74) is -1.99. The maximum absolute atomic E-state index is 13.3. The Labute approximate surface area is 301 Å². The molecular formula is C35H56O17. The van der Waals surface area contributed by atoms with E-state index >= 15 is 0 Å². The van der Waals surface area contributed by atoms with Gasteiger partial charge in [-0.3, -0.25) is 14.3 Å². The Balaban J connectivity index is 1.30. The molecule has 8 unspecified atom stereocenters. The van der Waals surface area contributed by atoms with Gasteiger partial charge in [0.2, 0.25) is 0 Å². The number of rotatable bonds is 10. The fourth-order valence-electron chi connectivity index (χ4n) is 11.3. The summed E-state index contributed by atoms with van der Waals surface area (Å²) in [5.74, 6) is -0.859. The number of hydrogen-bond donors (Lipinski definition) is 10. The minimum Gasteiger partial charge on any atom is -0.410 e. The van der Waals surface area contributed by atoms with E-state index in [2.05, 4.69) is 13.5 Å². The lowest BCUT2D eigenvalue weighted by Crippen LogP contribution is -2.63. The smallest absolute Gasteiger partial charge is 0.316 e. The van der Waals surface area contributed by atoms with Crippen molar-refractivity contribution in [2.75, 3.05) is 13.2 Å². The highest BCUT2D eigenvalue weighted by Crippen LogP contribution is 2.75. The van der Waals surface area contributed by atoms with Gasteiger partial charge in [-0.1, -0.05) is 26.8 Å². The lowest BCUT2D eigenvalue weighted by molar-refractivity contribution is -0.443. The number of ether oxygens (including phenoxy) is 6. The number of aliphatic hydroxyl groups is 10. The Hall–Kier alpha value is -1.39. The first-order valence-electron chi connectivity index (χ1n) is 18.3. The summed E-state index contributed by atoms with van der Waals surface area (Å²) in [7, 11) is 0. The predicted molar refractivity (Wildman–Crippen MR) is 172 cm³/mol. The molecule has 17 nitrogen and oxygen atoms in total. The zero-order valence-electron chi connectivity index (χ0n) is 29.8. The molecule has 2 aliphatic heterocycles. The van der Waals surface area contributed by atoms with Crippen LogP contribution in [0.4, 0.5) is 0 Å². The van der Waals surface area contributed by atoms with Gasteiger partial charge in [-0.15, -0.1) is 0 Å². The van der Waals surface area contributed by atoms with Gasteiger partial charge in [-0.2, -0.15) is 0 Å². The van der Waals surface area contributed by atoms with Gasteiger partial charge >= 0.3 is 12.4 Å². The van der Waals surface area contributed by atoms with Crippen molar-refractivity contribution in [1.82, 2.24) is 0 Å². The normalized spacial score (nSPS) is 51.1. The van der Waals surface area contributed by atoms with E-state index in [0.29, 0.717) is 38.5 Å². The van der Waals surface area contributed by atoms with Crippen LogP contribution in [-0.4, -0.2) is 150 Å². The summed E-state index contributed by atoms with van der Waals surface area (Å²) < 4.78 is 34.8. The van der Waals surface area contributed by atoms with Crippen LogP contribution in [0.2, 0.25) is 0 Å². The molecule has 0 aromatic heterocycles. The largest absolute Gasteiger partial charge is 0.410 e. The Kier molecular flexibility index (Phi) is 11.3. The predicted octanol–water partition coefficient (Wildman–Crippen LogP) is -1.93. The molecule has 6 fully saturated rings. The minimum absolute atomic E-state index is 0.0955. The van der Waals surface area contributed by atoms with Crippen LogP contribution in [0.1, 0.15) is 72.1 Å². The molecule has 52 heavy (non-hydrogen) atoms. The van der Waals surface area contributed by atoms with E-state index in [4.69, 9.17) is 28.4 Å². The third-order valence-corrected chi connectivity index (χ3v) is 14.0. The molecule has 17 atom stereocenters. The first-order chi connectivity index (χ1) is 24.4. The third kappa shape index (κ3) is 6.27. The number of fused-ring (bicyclic) bond motifs is 3. The fraction of sp³-hybridized carbons (Fsp3) is 0.914. The molecule has 4 saturated carbocycles. The van der Waals surface area contributed by atoms with Crippen LogP contribution in [0.25, 0.3) is 0 Å². The van der Waals surface area contributed by atoms with Crippen molar-refractivity contribution < 1.29 is 84.3 Å². The van der Waals surface area contributed by atoms with E-state index < -0.39 is 105 Å². The number of aliphatic hydroxyl groups excluding tert-OH is 9. The van der Waals surface area contributed by atoms with Crippen LogP contribution in [-0.2, 0) is 33.2 Å². The van der Waals surface area contributed by atoms with Crippen molar-refractivity contribution in [3.63, 3.8) is 0 Å². The van der Waals surface area contributed by atoms with Crippen LogP contribution in [0.3, 0.4) is 0 Å². The molecule has 2 heterocycles. The summed E-state index contributed by atoms with van der Waals surface area (Å²) >= 11 is 0. The minimum atomic E-state index is -2.21. The number of hydrogen-bond acceptors (Lipinski definition) is 17. The topological polar surface area (TPSA) is 275 Å². The molecule has 298 valence electrons. The Morgan fingerprint density at radius 2 is 1.35 bits per heavy atom. The summed E-state index contributed by atoms with van der Waals surface area (Å²) in [4.78, 5) is 13.3. The second-order valence-electron chi connectivity index (χ2n) is 16.4. The second-order valence-corrected chi connectivity index (χ2v) is 16.4. The summed E-state index contributed by atoms with van der Waals surface area (Å²) in [6.45, 7) is 5.02. The number of carbonyl (C=O) groups is 1. The van der Waals surface area contributed by atoms with Crippen LogP contribution in [0.15, 0.2) is 12.2 Å². The Bertz CT molecular complexity index is 1280. The highest BCUT2D eigenvalue weighted by atomic mass is 16.9. The summed E-state index contributed by atoms with van der Waals surface area (Å²) in [6, 6.07) is 0. The molecule has 0 aromatic rings. The van der Waals surface area contributed by atoms with Gasteiger partial charge in [-0.25, -0.2) is 0 Å². The van der Waals surface area contributed by atoms with E-state index in [1.807, 2.05) is 13.8 Å². The average Bonchev–Trinajstić information content (AvgIpc) is 3.19. The molecule has 1 spiro atoms. The molecule has 0 amide bonds. The third-order valence-electron chi connectivity index (χ3n) is 14.0. The van der Waals surface area contributed by atoms with Crippen molar-refractivity contribution in [2.45, 2.75) is 152 Å². The van der Waals surface area contributed by atoms with Gasteiger partial charge in [0.1, 0.15) is 48.8 Å². The van der Waals surface area contributed by atoms with E-state index in [-0.39, 0.29) is 28.6 Å². The zero-order chi connectivity index (χ0) is 38.1. The molecule has 2 bridgehead atoms. The van der Waals surface area contributed by atoms with Crippen molar-refractivity contribution in [3.05, 3.63) is 12.2 Å². The molecule has 6 rings (SSSR count). The Morgan fingerprint density at radius 3 is 1.87 bits per heavy atom. The molecule has 0 radical (unpaired) electrons. The zero-order valence-corrected chi connectivity index (χ0v) is 29.8. The second kappa shape index (κ2) is 14.6. The van der Waals surface area contributed by atoms with E-state index in [1.54, 1.807) is 0 Å². The highest BCUT2D eigenvalue weighted by Gasteiger charge is 2.72. The van der Waals surface area contributed by atoms with Crippen LogP contribution < -0.4 is 0 Å². The van der Waals surface area contributed by atoms with Gasteiger partial charge in [0.15, 0.2) is 12.6 Å². The lowest BCUT2D eigenvalue weighted by Gasteiger charge is -2.65. The van der Waals surface area contributed by atoms with Gasteiger partial charge in [-0.05, 0) is 86.0 Å². The Morgan fingerprint density at radius 1 is 0.808 bits per heavy atom. The molecule has 4 aliphatic carbocycles. The van der Waals surface area contributed by atoms with E-state index in [1.165, 1.54) is 0 Å². The monoisotopic (exact) mass is 748 g/mol.